The van der Waals surface area contributed by atoms with Crippen LogP contribution in [0, 0.1) is 5.82 Å². The molecule has 0 aliphatic heterocycles. The van der Waals surface area contributed by atoms with Gasteiger partial charge in [-0.05, 0) is 35.4 Å². The van der Waals surface area contributed by atoms with Gasteiger partial charge in [-0.3, -0.25) is 0 Å². The molecular weight excluding hydrogens is 257 g/mol. The molecule has 0 spiro atoms. The maximum atomic E-state index is 13.1. The first-order valence-corrected chi connectivity index (χ1v) is 6.46. The van der Waals surface area contributed by atoms with Crippen LogP contribution < -0.4 is 10.1 Å². The minimum absolute atomic E-state index is 0.339. The fourth-order valence-electron chi connectivity index (χ4n) is 1.97. The van der Waals surface area contributed by atoms with Crippen LogP contribution in [0.1, 0.15) is 17.2 Å². The molecule has 0 saturated heterocycles. The van der Waals surface area contributed by atoms with Gasteiger partial charge in [0.15, 0.2) is 0 Å². The molecular formula is C16H18FNO2. The molecule has 0 aliphatic rings. The Morgan fingerprint density at radius 3 is 2.75 bits per heavy atom. The Kier molecular flexibility index (Phi) is 5.09. The van der Waals surface area contributed by atoms with Gasteiger partial charge in [0.1, 0.15) is 11.6 Å². The van der Waals surface area contributed by atoms with Gasteiger partial charge in [-0.25, -0.2) is 4.39 Å². The van der Waals surface area contributed by atoms with Crippen LogP contribution in [0.2, 0.25) is 0 Å². The molecule has 0 fully saturated rings. The zero-order chi connectivity index (χ0) is 14.4. The van der Waals surface area contributed by atoms with Crippen molar-refractivity contribution in [2.75, 3.05) is 13.7 Å². The van der Waals surface area contributed by atoms with Gasteiger partial charge in [0.2, 0.25) is 0 Å². The normalized spacial score (nSPS) is 12.2. The molecule has 0 saturated carbocycles. The largest absolute Gasteiger partial charge is 0.497 e. The molecule has 1 unspecified atom stereocenters. The van der Waals surface area contributed by atoms with Gasteiger partial charge in [-0.2, -0.15) is 0 Å². The van der Waals surface area contributed by atoms with E-state index in [0.717, 1.165) is 11.3 Å². The highest BCUT2D eigenvalue weighted by molar-refractivity contribution is 5.28. The first kappa shape index (κ1) is 14.5. The van der Waals surface area contributed by atoms with Crippen molar-refractivity contribution in [1.29, 1.82) is 0 Å². The predicted molar refractivity (Wildman–Crippen MR) is 76.1 cm³/mol. The molecule has 3 nitrogen and oxygen atoms in total. The number of methoxy groups -OCH3 is 1. The van der Waals surface area contributed by atoms with Crippen molar-refractivity contribution < 1.29 is 14.2 Å². The standard InChI is InChI=1S/C16H18FNO2/c1-20-15-7-2-4-12(8-15)10-18-11-16(19)13-5-3-6-14(17)9-13/h2-9,16,18-19H,10-11H2,1H3. The van der Waals surface area contributed by atoms with Crippen LogP contribution in [-0.4, -0.2) is 18.8 Å². The molecule has 0 radical (unpaired) electrons. The Labute approximate surface area is 118 Å². The third-order valence-corrected chi connectivity index (χ3v) is 3.03. The van der Waals surface area contributed by atoms with Crippen LogP contribution in [0.5, 0.6) is 5.75 Å². The monoisotopic (exact) mass is 275 g/mol. The Bertz CT molecular complexity index is 560. The van der Waals surface area contributed by atoms with Crippen LogP contribution in [0.4, 0.5) is 4.39 Å². The molecule has 2 aromatic rings. The van der Waals surface area contributed by atoms with Gasteiger partial charge in [0.05, 0.1) is 13.2 Å². The second-order valence-electron chi connectivity index (χ2n) is 4.55. The Morgan fingerprint density at radius 2 is 2.00 bits per heavy atom. The fourth-order valence-corrected chi connectivity index (χ4v) is 1.97. The van der Waals surface area contributed by atoms with E-state index in [1.54, 1.807) is 19.2 Å². The molecule has 0 bridgehead atoms. The zero-order valence-corrected chi connectivity index (χ0v) is 11.3. The number of ether oxygens (including phenoxy) is 1. The molecule has 2 rings (SSSR count). The lowest BCUT2D eigenvalue weighted by Gasteiger charge is -2.12. The lowest BCUT2D eigenvalue weighted by atomic mass is 10.1. The lowest BCUT2D eigenvalue weighted by Crippen LogP contribution is -2.21. The van der Waals surface area contributed by atoms with Gasteiger partial charge in [-0.1, -0.05) is 24.3 Å². The third-order valence-electron chi connectivity index (χ3n) is 3.03. The average Bonchev–Trinajstić information content (AvgIpc) is 2.47. The average molecular weight is 275 g/mol. The van der Waals surface area contributed by atoms with Crippen molar-refractivity contribution in [3.63, 3.8) is 0 Å². The van der Waals surface area contributed by atoms with E-state index < -0.39 is 6.10 Å². The number of rotatable bonds is 6. The van der Waals surface area contributed by atoms with Crippen LogP contribution >= 0.6 is 0 Å². The summed E-state index contributed by atoms with van der Waals surface area (Å²) < 4.78 is 18.2. The minimum Gasteiger partial charge on any atom is -0.497 e. The van der Waals surface area contributed by atoms with Crippen molar-refractivity contribution in [1.82, 2.24) is 5.32 Å². The maximum absolute atomic E-state index is 13.1. The summed E-state index contributed by atoms with van der Waals surface area (Å²) in [5.41, 5.74) is 1.64. The highest BCUT2D eigenvalue weighted by Crippen LogP contribution is 2.14. The van der Waals surface area contributed by atoms with Gasteiger partial charge < -0.3 is 15.2 Å². The fraction of sp³-hybridized carbons (Fsp3) is 0.250. The summed E-state index contributed by atoms with van der Waals surface area (Å²) in [6.45, 7) is 0.976. The smallest absolute Gasteiger partial charge is 0.123 e. The molecule has 0 heterocycles. The summed E-state index contributed by atoms with van der Waals surface area (Å²) in [5.74, 6) is 0.462. The van der Waals surface area contributed by atoms with Crippen molar-refractivity contribution in [2.45, 2.75) is 12.6 Å². The zero-order valence-electron chi connectivity index (χ0n) is 11.3. The lowest BCUT2D eigenvalue weighted by molar-refractivity contribution is 0.174. The molecule has 4 heteroatoms. The number of hydrogen-bond acceptors (Lipinski definition) is 3. The Balaban J connectivity index is 1.86. The van der Waals surface area contributed by atoms with E-state index in [2.05, 4.69) is 5.32 Å². The molecule has 20 heavy (non-hydrogen) atoms. The van der Waals surface area contributed by atoms with E-state index in [4.69, 9.17) is 4.74 Å². The number of benzene rings is 2. The number of halogens is 1. The topological polar surface area (TPSA) is 41.5 Å². The van der Waals surface area contributed by atoms with Gasteiger partial charge in [-0.15, -0.1) is 0 Å². The summed E-state index contributed by atoms with van der Waals surface area (Å²) in [6.07, 6.45) is -0.726. The number of nitrogens with one attached hydrogen (secondary N) is 1. The Morgan fingerprint density at radius 1 is 1.20 bits per heavy atom. The summed E-state index contributed by atoms with van der Waals surface area (Å²) in [5, 5.41) is 13.1. The maximum Gasteiger partial charge on any atom is 0.123 e. The number of hydrogen-bond donors (Lipinski definition) is 2. The van der Waals surface area contributed by atoms with Crippen molar-refractivity contribution in [3.8, 4) is 5.75 Å². The van der Waals surface area contributed by atoms with Crippen LogP contribution in [-0.2, 0) is 6.54 Å². The van der Waals surface area contributed by atoms with Crippen molar-refractivity contribution in [2.24, 2.45) is 0 Å². The van der Waals surface area contributed by atoms with E-state index in [9.17, 15) is 9.50 Å². The van der Waals surface area contributed by atoms with Gasteiger partial charge in [0.25, 0.3) is 0 Å². The number of aliphatic hydroxyl groups is 1. The summed E-state index contributed by atoms with van der Waals surface area (Å²) >= 11 is 0. The SMILES string of the molecule is COc1cccc(CNCC(O)c2cccc(F)c2)c1. The quantitative estimate of drug-likeness (QED) is 0.851. The first-order chi connectivity index (χ1) is 9.69. The van der Waals surface area contributed by atoms with Crippen LogP contribution in [0.25, 0.3) is 0 Å². The van der Waals surface area contributed by atoms with E-state index in [0.29, 0.717) is 18.7 Å². The minimum atomic E-state index is -0.726. The van der Waals surface area contributed by atoms with Crippen LogP contribution in [0.15, 0.2) is 48.5 Å². The molecule has 2 aromatic carbocycles. The molecule has 0 aromatic heterocycles. The van der Waals surface area contributed by atoms with E-state index in [1.165, 1.54) is 12.1 Å². The molecule has 2 N–H and O–H groups in total. The molecule has 0 aliphatic carbocycles. The van der Waals surface area contributed by atoms with E-state index in [-0.39, 0.29) is 5.82 Å². The van der Waals surface area contributed by atoms with Crippen molar-refractivity contribution >= 4 is 0 Å². The second-order valence-corrected chi connectivity index (χ2v) is 4.55. The third kappa shape index (κ3) is 4.05. The van der Waals surface area contributed by atoms with E-state index in [1.807, 2.05) is 24.3 Å². The summed E-state index contributed by atoms with van der Waals surface area (Å²) in [4.78, 5) is 0. The second kappa shape index (κ2) is 7.03. The molecule has 1 atom stereocenters. The van der Waals surface area contributed by atoms with Crippen molar-refractivity contribution in [3.05, 3.63) is 65.5 Å². The van der Waals surface area contributed by atoms with Gasteiger partial charge in [0, 0.05) is 13.1 Å². The highest BCUT2D eigenvalue weighted by Gasteiger charge is 2.07. The molecule has 106 valence electrons. The first-order valence-electron chi connectivity index (χ1n) is 6.46. The molecule has 0 amide bonds. The summed E-state index contributed by atoms with van der Waals surface area (Å²) in [6, 6.07) is 13.7. The van der Waals surface area contributed by atoms with Crippen LogP contribution in [0.3, 0.4) is 0 Å². The predicted octanol–water partition coefficient (Wildman–Crippen LogP) is 2.66. The summed E-state index contributed by atoms with van der Waals surface area (Å²) in [7, 11) is 1.63. The Hall–Kier alpha value is -1.91. The van der Waals surface area contributed by atoms with E-state index >= 15 is 0 Å². The number of aliphatic hydroxyl groups excluding tert-OH is 1. The van der Waals surface area contributed by atoms with Gasteiger partial charge >= 0.3 is 0 Å². The highest BCUT2D eigenvalue weighted by atomic mass is 19.1.